The Morgan fingerprint density at radius 2 is 1.88 bits per heavy atom. The van der Waals surface area contributed by atoms with Gasteiger partial charge in [0.2, 0.25) is 0 Å². The minimum atomic E-state index is -4.33. The summed E-state index contributed by atoms with van der Waals surface area (Å²) in [7, 11) is 1.82. The van der Waals surface area contributed by atoms with Gasteiger partial charge in [-0.2, -0.15) is 13.2 Å². The molecule has 0 bridgehead atoms. The van der Waals surface area contributed by atoms with Gasteiger partial charge in [0.05, 0.1) is 11.3 Å². The summed E-state index contributed by atoms with van der Waals surface area (Å²) in [6, 6.07) is 3.77. The summed E-state index contributed by atoms with van der Waals surface area (Å²) in [6.45, 7) is 1.63. The summed E-state index contributed by atoms with van der Waals surface area (Å²) in [5, 5.41) is 6.74. The Balaban J connectivity index is 1.73. The van der Waals surface area contributed by atoms with Crippen molar-refractivity contribution in [2.75, 3.05) is 30.4 Å². The van der Waals surface area contributed by atoms with Crippen LogP contribution in [0, 0.1) is 0 Å². The molecule has 0 amide bonds. The van der Waals surface area contributed by atoms with Gasteiger partial charge in [-0.25, -0.2) is 0 Å². The van der Waals surface area contributed by atoms with Crippen LogP contribution < -0.4 is 15.5 Å². The summed E-state index contributed by atoms with van der Waals surface area (Å²) < 4.78 is 41.3. The second kappa shape index (κ2) is 6.38. The maximum atomic E-state index is 13.8. The van der Waals surface area contributed by atoms with E-state index in [2.05, 4.69) is 10.6 Å². The Bertz CT molecular complexity index is 638. The molecule has 4 rings (SSSR count). The van der Waals surface area contributed by atoms with Gasteiger partial charge < -0.3 is 15.5 Å². The minimum Gasteiger partial charge on any atom is -0.382 e. The Labute approximate surface area is 147 Å². The highest BCUT2D eigenvalue weighted by molar-refractivity contribution is 5.72. The van der Waals surface area contributed by atoms with E-state index in [-0.39, 0.29) is 12.0 Å². The highest BCUT2D eigenvalue weighted by Crippen LogP contribution is 2.50. The predicted octanol–water partition coefficient (Wildman–Crippen LogP) is 4.35. The summed E-state index contributed by atoms with van der Waals surface area (Å²) in [4.78, 5) is 1.87. The first kappa shape index (κ1) is 17.0. The van der Waals surface area contributed by atoms with Gasteiger partial charge in [0.25, 0.3) is 0 Å². The predicted molar refractivity (Wildman–Crippen MR) is 94.4 cm³/mol. The molecule has 2 N–H and O–H groups in total. The fourth-order valence-electron chi connectivity index (χ4n) is 4.91. The summed E-state index contributed by atoms with van der Waals surface area (Å²) in [6.07, 6.45) is 2.20. The van der Waals surface area contributed by atoms with Crippen LogP contribution in [-0.2, 0) is 6.18 Å². The zero-order valence-electron chi connectivity index (χ0n) is 14.6. The SMILES string of the molecule is CN1c2c(cc(NC3CCCCC3)cc2C(F)(F)F)[C@H]2CNCC[C@H]21. The molecule has 0 radical (unpaired) electrons. The number of likely N-dealkylation sites (N-methyl/N-ethyl adjacent to an activating group) is 1. The molecule has 0 unspecified atom stereocenters. The van der Waals surface area contributed by atoms with Crippen LogP contribution in [0.4, 0.5) is 24.5 Å². The van der Waals surface area contributed by atoms with Gasteiger partial charge in [0.15, 0.2) is 0 Å². The van der Waals surface area contributed by atoms with Crippen LogP contribution in [-0.4, -0.2) is 32.2 Å². The molecule has 25 heavy (non-hydrogen) atoms. The van der Waals surface area contributed by atoms with Gasteiger partial charge >= 0.3 is 6.18 Å². The third kappa shape index (κ3) is 3.09. The van der Waals surface area contributed by atoms with Gasteiger partial charge in [-0.05, 0) is 43.5 Å². The van der Waals surface area contributed by atoms with Crippen LogP contribution in [0.1, 0.15) is 55.6 Å². The number of nitrogens with zero attached hydrogens (tertiary/aromatic N) is 1. The van der Waals surface area contributed by atoms with E-state index in [9.17, 15) is 13.2 Å². The number of benzene rings is 1. The van der Waals surface area contributed by atoms with Crippen LogP contribution >= 0.6 is 0 Å². The molecule has 2 fully saturated rings. The van der Waals surface area contributed by atoms with Crippen molar-refractivity contribution in [2.45, 2.75) is 62.7 Å². The maximum absolute atomic E-state index is 13.8. The Morgan fingerprint density at radius 1 is 1.12 bits per heavy atom. The van der Waals surface area contributed by atoms with Crippen molar-refractivity contribution in [3.05, 3.63) is 23.3 Å². The van der Waals surface area contributed by atoms with Crippen LogP contribution in [0.3, 0.4) is 0 Å². The topological polar surface area (TPSA) is 27.3 Å². The first-order valence-corrected chi connectivity index (χ1v) is 9.40. The van der Waals surface area contributed by atoms with Crippen LogP contribution in [0.25, 0.3) is 0 Å². The molecule has 138 valence electrons. The maximum Gasteiger partial charge on any atom is 0.418 e. The molecule has 2 aliphatic heterocycles. The van der Waals surface area contributed by atoms with Gasteiger partial charge in [-0.3, -0.25) is 0 Å². The first-order valence-electron chi connectivity index (χ1n) is 9.40. The number of rotatable bonds is 2. The van der Waals surface area contributed by atoms with E-state index < -0.39 is 11.7 Å². The van der Waals surface area contributed by atoms with Crippen molar-refractivity contribution in [3.63, 3.8) is 0 Å². The third-order valence-corrected chi connectivity index (χ3v) is 6.12. The molecule has 1 saturated heterocycles. The third-order valence-electron chi connectivity index (χ3n) is 6.12. The number of halogens is 3. The summed E-state index contributed by atoms with van der Waals surface area (Å²) in [5.74, 6) is 0.142. The van der Waals surface area contributed by atoms with E-state index in [1.54, 1.807) is 0 Å². The zero-order valence-corrected chi connectivity index (χ0v) is 14.6. The molecule has 0 aromatic heterocycles. The number of alkyl halides is 3. The number of nitrogens with one attached hydrogen (secondary N) is 2. The fourth-order valence-corrected chi connectivity index (χ4v) is 4.91. The number of fused-ring (bicyclic) bond motifs is 3. The molecule has 3 nitrogen and oxygen atoms in total. The Morgan fingerprint density at radius 3 is 2.60 bits per heavy atom. The first-order chi connectivity index (χ1) is 11.9. The van der Waals surface area contributed by atoms with Gasteiger partial charge in [-0.15, -0.1) is 0 Å². The van der Waals surface area contributed by atoms with E-state index in [0.29, 0.717) is 17.4 Å². The van der Waals surface area contributed by atoms with E-state index >= 15 is 0 Å². The van der Waals surface area contributed by atoms with Crippen LogP contribution in [0.15, 0.2) is 12.1 Å². The normalized spacial score (nSPS) is 27.1. The lowest BCUT2D eigenvalue weighted by atomic mass is 9.89. The van der Waals surface area contributed by atoms with E-state index in [1.165, 1.54) is 12.5 Å². The van der Waals surface area contributed by atoms with Gasteiger partial charge in [0, 0.05) is 37.3 Å². The summed E-state index contributed by atoms with van der Waals surface area (Å²) >= 11 is 0. The molecular formula is C19H26F3N3. The average molecular weight is 353 g/mol. The van der Waals surface area contributed by atoms with Gasteiger partial charge in [0.1, 0.15) is 0 Å². The highest BCUT2D eigenvalue weighted by atomic mass is 19.4. The van der Waals surface area contributed by atoms with Crippen molar-refractivity contribution >= 4 is 11.4 Å². The molecule has 2 atom stereocenters. The summed E-state index contributed by atoms with van der Waals surface area (Å²) in [5.41, 5.74) is 1.39. The van der Waals surface area contributed by atoms with E-state index in [4.69, 9.17) is 0 Å². The molecular weight excluding hydrogens is 327 g/mol. The highest BCUT2D eigenvalue weighted by Gasteiger charge is 2.45. The molecule has 1 saturated carbocycles. The van der Waals surface area contributed by atoms with Crippen molar-refractivity contribution in [2.24, 2.45) is 0 Å². The molecule has 1 aromatic carbocycles. The smallest absolute Gasteiger partial charge is 0.382 e. The average Bonchev–Trinajstić information content (AvgIpc) is 2.88. The molecule has 6 heteroatoms. The second-order valence-electron chi connectivity index (χ2n) is 7.72. The lowest BCUT2D eigenvalue weighted by Gasteiger charge is -2.31. The monoisotopic (exact) mass is 353 g/mol. The molecule has 3 aliphatic rings. The van der Waals surface area contributed by atoms with Crippen LogP contribution in [0.2, 0.25) is 0 Å². The lowest BCUT2D eigenvalue weighted by molar-refractivity contribution is -0.137. The number of anilines is 2. The quantitative estimate of drug-likeness (QED) is 0.828. The number of piperidine rings is 1. The van der Waals surface area contributed by atoms with Gasteiger partial charge in [-0.1, -0.05) is 19.3 Å². The lowest BCUT2D eigenvalue weighted by Crippen LogP contribution is -2.42. The second-order valence-corrected chi connectivity index (χ2v) is 7.72. The van der Waals surface area contributed by atoms with Crippen LogP contribution in [0.5, 0.6) is 0 Å². The van der Waals surface area contributed by atoms with Crippen molar-refractivity contribution < 1.29 is 13.2 Å². The zero-order chi connectivity index (χ0) is 17.6. The molecule has 1 aromatic rings. The molecule has 0 spiro atoms. The largest absolute Gasteiger partial charge is 0.418 e. The molecule has 1 aliphatic carbocycles. The number of hydrogen-bond acceptors (Lipinski definition) is 3. The standard InChI is InChI=1S/C19H26F3N3/c1-25-17-7-8-23-11-15(17)14-9-13(24-12-5-3-2-4-6-12)10-16(18(14)25)19(20,21)22/h9-10,12,15,17,23-24H,2-8,11H2,1H3/t15-,17-/m1/s1. The fraction of sp³-hybridized carbons (Fsp3) is 0.684. The minimum absolute atomic E-state index is 0.142. The Hall–Kier alpha value is -1.43. The number of hydrogen-bond donors (Lipinski definition) is 2. The van der Waals surface area contributed by atoms with E-state index in [0.717, 1.165) is 50.8 Å². The van der Waals surface area contributed by atoms with Crippen molar-refractivity contribution in [1.82, 2.24) is 5.32 Å². The van der Waals surface area contributed by atoms with Crippen molar-refractivity contribution in [1.29, 1.82) is 0 Å². The molecule has 2 heterocycles. The van der Waals surface area contributed by atoms with Crippen molar-refractivity contribution in [3.8, 4) is 0 Å². The van der Waals surface area contributed by atoms with E-state index in [1.807, 2.05) is 18.0 Å². The Kier molecular flexibility index (Phi) is 4.34.